The smallest absolute Gasteiger partial charge is 0.230 e. The van der Waals surface area contributed by atoms with E-state index in [1.807, 2.05) is 13.8 Å². The van der Waals surface area contributed by atoms with Gasteiger partial charge in [-0.05, 0) is 32.0 Å². The lowest BCUT2D eigenvalue weighted by molar-refractivity contribution is -0.115. The number of thiazole rings is 1. The van der Waals surface area contributed by atoms with Crippen LogP contribution in [0.1, 0.15) is 16.1 Å². The average molecular weight is 294 g/mol. The largest absolute Gasteiger partial charge is 0.496 e. The molecule has 0 bridgehead atoms. The summed E-state index contributed by atoms with van der Waals surface area (Å²) in [5.41, 5.74) is 1.41. The molecule has 0 radical (unpaired) electrons. The third-order valence-electron chi connectivity index (χ3n) is 2.87. The molecule has 4 nitrogen and oxygen atoms in total. The van der Waals surface area contributed by atoms with E-state index >= 15 is 0 Å². The van der Waals surface area contributed by atoms with Crippen molar-refractivity contribution in [3.63, 3.8) is 0 Å². The Morgan fingerprint density at radius 2 is 2.20 bits per heavy atom. The molecule has 2 aromatic rings. The number of anilines is 1. The molecule has 0 aliphatic rings. The SMILES string of the molecule is COc1ccc(F)cc1CC(=O)Nc1nc(C)c(C)s1. The van der Waals surface area contributed by atoms with Gasteiger partial charge < -0.3 is 10.1 Å². The molecule has 0 saturated carbocycles. The van der Waals surface area contributed by atoms with Crippen molar-refractivity contribution in [2.45, 2.75) is 20.3 Å². The van der Waals surface area contributed by atoms with Crippen LogP contribution in [0, 0.1) is 19.7 Å². The number of nitrogens with zero attached hydrogens (tertiary/aromatic N) is 1. The van der Waals surface area contributed by atoms with Crippen molar-refractivity contribution in [1.82, 2.24) is 4.98 Å². The molecule has 2 rings (SSSR count). The van der Waals surface area contributed by atoms with Crippen LogP contribution in [0.3, 0.4) is 0 Å². The number of hydrogen-bond acceptors (Lipinski definition) is 4. The van der Waals surface area contributed by atoms with E-state index in [0.717, 1.165) is 10.6 Å². The van der Waals surface area contributed by atoms with Crippen molar-refractivity contribution in [2.75, 3.05) is 12.4 Å². The normalized spacial score (nSPS) is 10.4. The maximum absolute atomic E-state index is 13.2. The number of carbonyl (C=O) groups excluding carboxylic acids is 1. The summed E-state index contributed by atoms with van der Waals surface area (Å²) in [6, 6.07) is 4.11. The Morgan fingerprint density at radius 3 is 2.80 bits per heavy atom. The molecule has 1 heterocycles. The summed E-state index contributed by atoms with van der Waals surface area (Å²) in [5.74, 6) is -0.148. The van der Waals surface area contributed by atoms with Crippen LogP contribution in [0.2, 0.25) is 0 Å². The fraction of sp³-hybridized carbons (Fsp3) is 0.286. The Bertz CT molecular complexity index is 621. The summed E-state index contributed by atoms with van der Waals surface area (Å²) in [5, 5.41) is 3.27. The van der Waals surface area contributed by atoms with Gasteiger partial charge in [-0.1, -0.05) is 0 Å². The van der Waals surface area contributed by atoms with Crippen molar-refractivity contribution in [2.24, 2.45) is 0 Å². The fourth-order valence-corrected chi connectivity index (χ4v) is 2.58. The van der Waals surface area contributed by atoms with Gasteiger partial charge in [-0.15, -0.1) is 11.3 Å². The van der Waals surface area contributed by atoms with Gasteiger partial charge in [0.2, 0.25) is 5.91 Å². The van der Waals surface area contributed by atoms with E-state index in [2.05, 4.69) is 10.3 Å². The molecule has 0 aliphatic heterocycles. The van der Waals surface area contributed by atoms with Crippen LogP contribution in [0.15, 0.2) is 18.2 Å². The van der Waals surface area contributed by atoms with Crippen LogP contribution in [0.5, 0.6) is 5.75 Å². The first-order valence-electron chi connectivity index (χ1n) is 6.06. The van der Waals surface area contributed by atoms with Crippen LogP contribution < -0.4 is 10.1 Å². The van der Waals surface area contributed by atoms with Gasteiger partial charge in [0.25, 0.3) is 0 Å². The van der Waals surface area contributed by atoms with Gasteiger partial charge in [0.15, 0.2) is 5.13 Å². The minimum absolute atomic E-state index is 0.0403. The summed E-state index contributed by atoms with van der Waals surface area (Å²) >= 11 is 1.42. The lowest BCUT2D eigenvalue weighted by atomic mass is 10.1. The quantitative estimate of drug-likeness (QED) is 0.942. The van der Waals surface area contributed by atoms with Crippen LogP contribution in [-0.4, -0.2) is 18.0 Å². The molecule has 6 heteroatoms. The summed E-state index contributed by atoms with van der Waals surface area (Å²) in [7, 11) is 1.49. The first-order chi connectivity index (χ1) is 9.49. The fourth-order valence-electron chi connectivity index (χ4n) is 1.75. The number of rotatable bonds is 4. The van der Waals surface area contributed by atoms with Crippen molar-refractivity contribution in [1.29, 1.82) is 0 Å². The van der Waals surface area contributed by atoms with Gasteiger partial charge >= 0.3 is 0 Å². The number of ether oxygens (including phenoxy) is 1. The van der Waals surface area contributed by atoms with E-state index < -0.39 is 5.82 Å². The van der Waals surface area contributed by atoms with Crippen LogP contribution >= 0.6 is 11.3 Å². The molecule has 0 spiro atoms. The number of carbonyl (C=O) groups is 1. The maximum atomic E-state index is 13.2. The molecule has 1 aromatic carbocycles. The molecule has 0 saturated heterocycles. The Kier molecular flexibility index (Phi) is 4.34. The number of aromatic nitrogens is 1. The van der Waals surface area contributed by atoms with Gasteiger partial charge in [-0.25, -0.2) is 9.37 Å². The predicted molar refractivity (Wildman–Crippen MR) is 76.9 cm³/mol. The number of benzene rings is 1. The Labute approximate surface area is 120 Å². The molecule has 0 fully saturated rings. The van der Waals surface area contributed by atoms with Crippen molar-refractivity contribution < 1.29 is 13.9 Å². The van der Waals surface area contributed by atoms with Crippen LogP contribution in [0.4, 0.5) is 9.52 Å². The second-order valence-corrected chi connectivity index (χ2v) is 5.54. The monoisotopic (exact) mass is 294 g/mol. The molecule has 1 aromatic heterocycles. The molecule has 1 amide bonds. The number of halogens is 1. The highest BCUT2D eigenvalue weighted by Crippen LogP contribution is 2.23. The van der Waals surface area contributed by atoms with E-state index in [1.54, 1.807) is 0 Å². The molecule has 0 atom stereocenters. The third-order valence-corrected chi connectivity index (χ3v) is 3.86. The number of methoxy groups -OCH3 is 1. The second kappa shape index (κ2) is 6.00. The number of amides is 1. The Morgan fingerprint density at radius 1 is 1.45 bits per heavy atom. The highest BCUT2D eigenvalue weighted by atomic mass is 32.1. The highest BCUT2D eigenvalue weighted by molar-refractivity contribution is 7.15. The van der Waals surface area contributed by atoms with Crippen LogP contribution in [-0.2, 0) is 11.2 Å². The first-order valence-corrected chi connectivity index (χ1v) is 6.87. The minimum Gasteiger partial charge on any atom is -0.496 e. The van der Waals surface area contributed by atoms with Crippen molar-refractivity contribution >= 4 is 22.4 Å². The number of nitrogens with one attached hydrogen (secondary N) is 1. The first kappa shape index (κ1) is 14.5. The summed E-state index contributed by atoms with van der Waals surface area (Å²) < 4.78 is 18.3. The van der Waals surface area contributed by atoms with Crippen molar-refractivity contribution in [3.05, 3.63) is 40.2 Å². The topological polar surface area (TPSA) is 51.2 Å². The Hall–Kier alpha value is -1.95. The molecule has 20 heavy (non-hydrogen) atoms. The van der Waals surface area contributed by atoms with E-state index in [0.29, 0.717) is 16.4 Å². The highest BCUT2D eigenvalue weighted by Gasteiger charge is 2.12. The third kappa shape index (κ3) is 3.33. The average Bonchev–Trinajstić information content (AvgIpc) is 2.68. The molecule has 0 unspecified atom stereocenters. The zero-order valence-corrected chi connectivity index (χ0v) is 12.3. The number of hydrogen-bond donors (Lipinski definition) is 1. The van der Waals surface area contributed by atoms with Gasteiger partial charge in [-0.2, -0.15) is 0 Å². The van der Waals surface area contributed by atoms with Gasteiger partial charge in [-0.3, -0.25) is 4.79 Å². The van der Waals surface area contributed by atoms with E-state index in [1.165, 1.54) is 36.6 Å². The predicted octanol–water partition coefficient (Wildman–Crippen LogP) is 3.09. The van der Waals surface area contributed by atoms with E-state index in [4.69, 9.17) is 4.74 Å². The van der Waals surface area contributed by atoms with Gasteiger partial charge in [0.1, 0.15) is 11.6 Å². The zero-order chi connectivity index (χ0) is 14.7. The zero-order valence-electron chi connectivity index (χ0n) is 11.5. The lowest BCUT2D eigenvalue weighted by Crippen LogP contribution is -2.15. The molecular formula is C14H15FN2O2S. The van der Waals surface area contributed by atoms with Gasteiger partial charge in [0.05, 0.1) is 19.2 Å². The van der Waals surface area contributed by atoms with E-state index in [-0.39, 0.29) is 12.3 Å². The Balaban J connectivity index is 2.10. The molecule has 106 valence electrons. The summed E-state index contributed by atoms with van der Waals surface area (Å²) in [6.45, 7) is 3.83. The standard InChI is InChI=1S/C14H15FN2O2S/c1-8-9(2)20-14(16-8)17-13(18)7-10-6-11(15)4-5-12(10)19-3/h4-6H,7H2,1-3H3,(H,16,17,18). The second-order valence-electron chi connectivity index (χ2n) is 4.34. The minimum atomic E-state index is -0.394. The van der Waals surface area contributed by atoms with E-state index in [9.17, 15) is 9.18 Å². The molecular weight excluding hydrogens is 279 g/mol. The molecule has 1 N–H and O–H groups in total. The van der Waals surface area contributed by atoms with Crippen LogP contribution in [0.25, 0.3) is 0 Å². The maximum Gasteiger partial charge on any atom is 0.230 e. The molecule has 0 aliphatic carbocycles. The lowest BCUT2D eigenvalue weighted by Gasteiger charge is -2.08. The van der Waals surface area contributed by atoms with Gasteiger partial charge in [0, 0.05) is 10.4 Å². The van der Waals surface area contributed by atoms with Crippen molar-refractivity contribution in [3.8, 4) is 5.75 Å². The summed E-state index contributed by atoms with van der Waals surface area (Å²) in [4.78, 5) is 17.3. The summed E-state index contributed by atoms with van der Waals surface area (Å²) in [6.07, 6.45) is 0.0403. The number of aryl methyl sites for hydroxylation is 2.